The minimum atomic E-state index is 0.267. The molecule has 0 aliphatic carbocycles. The third-order valence-corrected chi connectivity index (χ3v) is 4.58. The van der Waals surface area contributed by atoms with Crippen LogP contribution in [0.2, 0.25) is 0 Å². The molecule has 0 spiro atoms. The van der Waals surface area contributed by atoms with Gasteiger partial charge in [-0.2, -0.15) is 0 Å². The summed E-state index contributed by atoms with van der Waals surface area (Å²) in [5.41, 5.74) is 3.25. The number of aromatic nitrogens is 1. The molecule has 0 radical (unpaired) electrons. The maximum Gasteiger partial charge on any atom is 0.174 e. The lowest BCUT2D eigenvalue weighted by molar-refractivity contribution is 0.349. The maximum absolute atomic E-state index is 5.69. The number of hydrogen-bond donors (Lipinski definition) is 2. The zero-order valence-corrected chi connectivity index (χ0v) is 15.6. The first kappa shape index (κ1) is 17.3. The summed E-state index contributed by atoms with van der Waals surface area (Å²) >= 11 is 5.69. The Labute approximate surface area is 153 Å². The highest BCUT2D eigenvalue weighted by atomic mass is 32.1. The number of benzene rings is 2. The van der Waals surface area contributed by atoms with E-state index in [0.717, 1.165) is 23.5 Å². The number of thiocarbonyl (C=S) groups is 1. The van der Waals surface area contributed by atoms with E-state index in [0.29, 0.717) is 5.11 Å². The summed E-state index contributed by atoms with van der Waals surface area (Å²) in [5, 5.41) is 5.24. The summed E-state index contributed by atoms with van der Waals surface area (Å²) in [5.74, 6) is 0.778. The molecule has 130 valence electrons. The minimum Gasteiger partial charge on any atom is -0.495 e. The molecule has 0 bridgehead atoms. The number of nitrogens with one attached hydrogen (secondary N) is 2. The topological polar surface area (TPSA) is 40.3 Å². The summed E-state index contributed by atoms with van der Waals surface area (Å²) in [6.45, 7) is 5.03. The molecule has 3 aromatic rings. The molecular formula is C20H23N3OS. The third-order valence-electron chi connectivity index (χ3n) is 4.25. The Morgan fingerprint density at radius 1 is 1.16 bits per heavy atom. The molecule has 0 fully saturated rings. The van der Waals surface area contributed by atoms with Gasteiger partial charge in [0.25, 0.3) is 0 Å². The van der Waals surface area contributed by atoms with Gasteiger partial charge in [-0.25, -0.2) is 0 Å². The summed E-state index contributed by atoms with van der Waals surface area (Å²) in [7, 11) is 1.66. The van der Waals surface area contributed by atoms with Gasteiger partial charge in [-0.3, -0.25) is 0 Å². The minimum absolute atomic E-state index is 0.267. The van der Waals surface area contributed by atoms with Crippen molar-refractivity contribution in [3.05, 3.63) is 60.3 Å². The predicted molar refractivity (Wildman–Crippen MR) is 108 cm³/mol. The van der Waals surface area contributed by atoms with E-state index in [1.54, 1.807) is 7.11 Å². The Morgan fingerprint density at radius 3 is 2.64 bits per heavy atom. The summed E-state index contributed by atoms with van der Waals surface area (Å²) in [6, 6.07) is 16.4. The monoisotopic (exact) mass is 353 g/mol. The van der Waals surface area contributed by atoms with E-state index in [-0.39, 0.29) is 6.04 Å². The van der Waals surface area contributed by atoms with Crippen LogP contribution in [-0.2, 0) is 6.54 Å². The second-order valence-electron chi connectivity index (χ2n) is 6.21. The van der Waals surface area contributed by atoms with Gasteiger partial charge in [-0.05, 0) is 49.8 Å². The van der Waals surface area contributed by atoms with E-state index < -0.39 is 0 Å². The average molecular weight is 353 g/mol. The average Bonchev–Trinajstić information content (AvgIpc) is 3.02. The predicted octanol–water partition coefficient (Wildman–Crippen LogP) is 4.78. The molecule has 5 heteroatoms. The zero-order valence-electron chi connectivity index (χ0n) is 14.7. The number of aromatic amines is 1. The lowest BCUT2D eigenvalue weighted by Gasteiger charge is -2.30. The lowest BCUT2D eigenvalue weighted by Crippen LogP contribution is -2.39. The third kappa shape index (κ3) is 3.77. The molecule has 0 amide bonds. The van der Waals surface area contributed by atoms with Gasteiger partial charge in [-0.15, -0.1) is 0 Å². The normalized spacial score (nSPS) is 10.9. The van der Waals surface area contributed by atoms with Gasteiger partial charge in [0.05, 0.1) is 12.8 Å². The highest BCUT2D eigenvalue weighted by Crippen LogP contribution is 2.25. The van der Waals surface area contributed by atoms with Crippen molar-refractivity contribution in [2.24, 2.45) is 0 Å². The molecule has 0 saturated heterocycles. The Morgan fingerprint density at radius 2 is 1.88 bits per heavy atom. The van der Waals surface area contributed by atoms with Crippen LogP contribution in [0.1, 0.15) is 19.4 Å². The Hall–Kier alpha value is -2.53. The van der Waals surface area contributed by atoms with Gasteiger partial charge in [0, 0.05) is 29.7 Å². The van der Waals surface area contributed by atoms with Crippen molar-refractivity contribution < 1.29 is 4.74 Å². The fraction of sp³-hybridized carbons (Fsp3) is 0.250. The lowest BCUT2D eigenvalue weighted by atomic mass is 10.1. The summed E-state index contributed by atoms with van der Waals surface area (Å²) < 4.78 is 5.40. The van der Waals surface area contributed by atoms with Crippen molar-refractivity contribution >= 4 is 33.9 Å². The zero-order chi connectivity index (χ0) is 17.8. The van der Waals surface area contributed by atoms with E-state index >= 15 is 0 Å². The number of para-hydroxylation sites is 3. The first-order valence-electron chi connectivity index (χ1n) is 8.35. The maximum atomic E-state index is 5.69. The number of rotatable bonds is 5. The second kappa shape index (κ2) is 7.57. The number of methoxy groups -OCH3 is 1. The molecule has 3 rings (SSSR count). The van der Waals surface area contributed by atoms with E-state index in [1.807, 2.05) is 30.3 Å². The van der Waals surface area contributed by atoms with Crippen LogP contribution in [0.3, 0.4) is 0 Å². The van der Waals surface area contributed by atoms with Gasteiger partial charge in [0.2, 0.25) is 0 Å². The van der Waals surface area contributed by atoms with Crippen LogP contribution in [0.25, 0.3) is 10.9 Å². The van der Waals surface area contributed by atoms with E-state index in [1.165, 1.54) is 10.9 Å². The largest absolute Gasteiger partial charge is 0.495 e. The van der Waals surface area contributed by atoms with E-state index in [2.05, 4.69) is 53.4 Å². The van der Waals surface area contributed by atoms with Crippen molar-refractivity contribution in [1.82, 2.24) is 9.88 Å². The number of ether oxygens (including phenoxy) is 1. The summed E-state index contributed by atoms with van der Waals surface area (Å²) in [4.78, 5) is 5.51. The van der Waals surface area contributed by atoms with Gasteiger partial charge in [0.1, 0.15) is 5.75 Å². The van der Waals surface area contributed by atoms with Crippen molar-refractivity contribution in [2.75, 3.05) is 12.4 Å². The van der Waals surface area contributed by atoms with Crippen LogP contribution in [0.4, 0.5) is 5.69 Å². The van der Waals surface area contributed by atoms with Gasteiger partial charge in [0.15, 0.2) is 5.11 Å². The van der Waals surface area contributed by atoms with Crippen molar-refractivity contribution in [2.45, 2.75) is 26.4 Å². The highest BCUT2D eigenvalue weighted by Gasteiger charge is 2.17. The molecule has 25 heavy (non-hydrogen) atoms. The fourth-order valence-corrected chi connectivity index (χ4v) is 3.26. The van der Waals surface area contributed by atoms with Crippen LogP contribution in [-0.4, -0.2) is 28.1 Å². The smallest absolute Gasteiger partial charge is 0.174 e. The van der Waals surface area contributed by atoms with Gasteiger partial charge in [-0.1, -0.05) is 30.3 Å². The first-order chi connectivity index (χ1) is 12.1. The van der Waals surface area contributed by atoms with Crippen LogP contribution in [0.5, 0.6) is 5.75 Å². The fourth-order valence-electron chi connectivity index (χ4n) is 2.87. The van der Waals surface area contributed by atoms with Crippen molar-refractivity contribution in [1.29, 1.82) is 0 Å². The molecule has 0 unspecified atom stereocenters. The number of nitrogens with zero attached hydrogens (tertiary/aromatic N) is 1. The molecule has 0 aliphatic rings. The van der Waals surface area contributed by atoms with Crippen molar-refractivity contribution in [3.8, 4) is 5.75 Å². The van der Waals surface area contributed by atoms with Crippen LogP contribution >= 0.6 is 12.2 Å². The number of hydrogen-bond acceptors (Lipinski definition) is 2. The van der Waals surface area contributed by atoms with Crippen LogP contribution < -0.4 is 10.1 Å². The first-order valence-corrected chi connectivity index (χ1v) is 8.76. The van der Waals surface area contributed by atoms with E-state index in [4.69, 9.17) is 17.0 Å². The molecule has 1 heterocycles. The SMILES string of the molecule is COc1ccccc1NC(=S)N(Cc1c[nH]c2ccccc12)C(C)C. The van der Waals surface area contributed by atoms with E-state index in [9.17, 15) is 0 Å². The standard InChI is InChI=1S/C20H23N3OS/c1-14(2)23(13-15-12-21-17-9-5-4-8-16(15)17)20(25)22-18-10-6-7-11-19(18)24-3/h4-12,14,21H,13H2,1-3H3,(H,22,25). The number of anilines is 1. The molecule has 1 aromatic heterocycles. The molecule has 2 N–H and O–H groups in total. The molecule has 0 saturated carbocycles. The molecule has 0 aliphatic heterocycles. The Kier molecular flexibility index (Phi) is 5.24. The van der Waals surface area contributed by atoms with Crippen molar-refractivity contribution in [3.63, 3.8) is 0 Å². The van der Waals surface area contributed by atoms with Crippen LogP contribution in [0.15, 0.2) is 54.7 Å². The molecular weight excluding hydrogens is 330 g/mol. The molecule has 0 atom stereocenters. The highest BCUT2D eigenvalue weighted by molar-refractivity contribution is 7.80. The molecule has 2 aromatic carbocycles. The van der Waals surface area contributed by atoms with Gasteiger partial charge < -0.3 is 19.9 Å². The molecule has 4 nitrogen and oxygen atoms in total. The Bertz CT molecular complexity index is 872. The number of fused-ring (bicyclic) bond motifs is 1. The van der Waals surface area contributed by atoms with Crippen LogP contribution in [0, 0.1) is 0 Å². The van der Waals surface area contributed by atoms with Gasteiger partial charge >= 0.3 is 0 Å². The second-order valence-corrected chi connectivity index (χ2v) is 6.60. The Balaban J connectivity index is 1.82. The number of H-pyrrole nitrogens is 1. The quantitative estimate of drug-likeness (QED) is 0.648. The summed E-state index contributed by atoms with van der Waals surface area (Å²) in [6.07, 6.45) is 2.06.